The van der Waals surface area contributed by atoms with E-state index in [4.69, 9.17) is 4.74 Å². The second-order valence-electron chi connectivity index (χ2n) is 7.85. The minimum Gasteiger partial charge on any atom is -0.497 e. The Morgan fingerprint density at radius 1 is 0.788 bits per heavy atom. The van der Waals surface area contributed by atoms with E-state index in [1.165, 1.54) is 17.2 Å². The predicted molar refractivity (Wildman–Crippen MR) is 132 cm³/mol. The zero-order valence-electron chi connectivity index (χ0n) is 17.9. The summed E-state index contributed by atoms with van der Waals surface area (Å²) in [5.74, 6) is -0.562. The lowest BCUT2D eigenvalue weighted by molar-refractivity contribution is 0.0693. The molecule has 0 atom stereocenters. The fraction of sp³-hybridized carbons (Fsp3) is 0.0714. The summed E-state index contributed by atoms with van der Waals surface area (Å²) in [5.41, 5.74) is 3.07. The average Bonchev–Trinajstić information content (AvgIpc) is 3.21. The molecular weight excluding hydrogens is 432 g/mol. The molecule has 0 spiro atoms. The first-order chi connectivity index (χ1) is 16.0. The van der Waals surface area contributed by atoms with E-state index in [1.54, 1.807) is 42.7 Å². The molecule has 0 amide bonds. The molecule has 0 unspecified atom stereocenters. The number of rotatable bonds is 6. The average molecular weight is 453 g/mol. The molecule has 0 aliphatic heterocycles. The van der Waals surface area contributed by atoms with Gasteiger partial charge in [-0.15, -0.1) is 11.3 Å². The molecule has 1 heterocycles. The SMILES string of the molecule is COc1ccc(Cc2ccc3sc4ccc(C(=O)c5ccccc5C(=O)O)cc4c3c2)cc1. The number of ketones is 1. The molecule has 162 valence electrons. The number of methoxy groups -OCH3 is 1. The van der Waals surface area contributed by atoms with Crippen LogP contribution in [-0.4, -0.2) is 24.0 Å². The molecule has 0 saturated carbocycles. The monoisotopic (exact) mass is 452 g/mol. The van der Waals surface area contributed by atoms with E-state index in [2.05, 4.69) is 30.3 Å². The van der Waals surface area contributed by atoms with Gasteiger partial charge in [-0.1, -0.05) is 36.4 Å². The van der Waals surface area contributed by atoms with Crippen molar-refractivity contribution in [3.05, 3.63) is 113 Å². The number of ether oxygens (including phenoxy) is 1. The van der Waals surface area contributed by atoms with E-state index >= 15 is 0 Å². The number of aromatic carboxylic acids is 1. The van der Waals surface area contributed by atoms with Crippen LogP contribution in [0.4, 0.5) is 0 Å². The maximum atomic E-state index is 13.2. The Balaban J connectivity index is 1.54. The van der Waals surface area contributed by atoms with Crippen LogP contribution in [0.2, 0.25) is 0 Å². The molecule has 0 bridgehead atoms. The van der Waals surface area contributed by atoms with Gasteiger partial charge < -0.3 is 9.84 Å². The maximum Gasteiger partial charge on any atom is 0.336 e. The maximum absolute atomic E-state index is 13.2. The second-order valence-corrected chi connectivity index (χ2v) is 8.93. The van der Waals surface area contributed by atoms with Crippen LogP contribution in [0.25, 0.3) is 20.2 Å². The molecule has 5 rings (SSSR count). The van der Waals surface area contributed by atoms with Gasteiger partial charge in [0.15, 0.2) is 5.78 Å². The van der Waals surface area contributed by atoms with Crippen molar-refractivity contribution in [3.63, 3.8) is 0 Å². The lowest BCUT2D eigenvalue weighted by Gasteiger charge is -2.06. The van der Waals surface area contributed by atoms with Gasteiger partial charge in [0.1, 0.15) is 5.75 Å². The number of carboxylic acids is 1. The van der Waals surface area contributed by atoms with Gasteiger partial charge in [0.2, 0.25) is 0 Å². The molecule has 0 fully saturated rings. The fourth-order valence-electron chi connectivity index (χ4n) is 4.08. The first-order valence-corrected chi connectivity index (χ1v) is 11.3. The third-order valence-electron chi connectivity index (χ3n) is 5.77. The molecular formula is C28H20O4S. The van der Waals surface area contributed by atoms with Gasteiger partial charge in [-0.3, -0.25) is 4.79 Å². The summed E-state index contributed by atoms with van der Waals surface area (Å²) >= 11 is 1.68. The van der Waals surface area contributed by atoms with Crippen molar-refractivity contribution in [2.75, 3.05) is 7.11 Å². The number of carbonyl (C=O) groups excluding carboxylic acids is 1. The van der Waals surface area contributed by atoms with Gasteiger partial charge in [0.25, 0.3) is 0 Å². The molecule has 0 aliphatic rings. The van der Waals surface area contributed by atoms with Gasteiger partial charge in [-0.05, 0) is 66.1 Å². The van der Waals surface area contributed by atoms with E-state index in [9.17, 15) is 14.7 Å². The molecule has 5 aromatic rings. The van der Waals surface area contributed by atoms with Crippen LogP contribution >= 0.6 is 11.3 Å². The minimum atomic E-state index is -1.11. The predicted octanol–water partition coefficient (Wildman–Crippen LogP) is 6.58. The molecule has 1 aromatic heterocycles. The zero-order chi connectivity index (χ0) is 22.9. The van der Waals surface area contributed by atoms with Crippen molar-refractivity contribution < 1.29 is 19.4 Å². The number of fused-ring (bicyclic) bond motifs is 3. The third kappa shape index (κ3) is 3.99. The molecule has 4 nitrogen and oxygen atoms in total. The third-order valence-corrected chi connectivity index (χ3v) is 6.92. The summed E-state index contributed by atoms with van der Waals surface area (Å²) in [5, 5.41) is 11.6. The van der Waals surface area contributed by atoms with E-state index in [-0.39, 0.29) is 16.9 Å². The van der Waals surface area contributed by atoms with Crippen LogP contribution in [0, 0.1) is 0 Å². The first kappa shape index (κ1) is 20.9. The van der Waals surface area contributed by atoms with Gasteiger partial charge in [0.05, 0.1) is 12.7 Å². The van der Waals surface area contributed by atoms with Crippen molar-refractivity contribution in [2.24, 2.45) is 0 Å². The van der Waals surface area contributed by atoms with Crippen molar-refractivity contribution >= 4 is 43.3 Å². The number of carboxylic acid groups (broad SMARTS) is 1. The number of hydrogen-bond donors (Lipinski definition) is 1. The van der Waals surface area contributed by atoms with Crippen LogP contribution in [0.3, 0.4) is 0 Å². The van der Waals surface area contributed by atoms with Crippen molar-refractivity contribution in [2.45, 2.75) is 6.42 Å². The normalized spacial score (nSPS) is 11.1. The Kier molecular flexibility index (Phi) is 5.40. The molecule has 33 heavy (non-hydrogen) atoms. The number of carbonyl (C=O) groups is 2. The smallest absolute Gasteiger partial charge is 0.336 e. The lowest BCUT2D eigenvalue weighted by Crippen LogP contribution is -2.09. The van der Waals surface area contributed by atoms with Crippen LogP contribution in [-0.2, 0) is 6.42 Å². The largest absolute Gasteiger partial charge is 0.497 e. The van der Waals surface area contributed by atoms with Crippen LogP contribution < -0.4 is 4.74 Å². The lowest BCUT2D eigenvalue weighted by atomic mass is 9.97. The standard InChI is InChI=1S/C28H20O4S/c1-32-20-10-6-17(7-11-20)14-18-8-12-25-23(15-18)24-16-19(9-13-26(24)33-25)27(29)21-4-2-3-5-22(21)28(30)31/h2-13,15-16H,14H2,1H3,(H,30,31). The van der Waals surface area contributed by atoms with Gasteiger partial charge in [-0.25, -0.2) is 4.79 Å². The highest BCUT2D eigenvalue weighted by atomic mass is 32.1. The summed E-state index contributed by atoms with van der Waals surface area (Å²) in [6.07, 6.45) is 0.794. The molecule has 0 aliphatic carbocycles. The van der Waals surface area contributed by atoms with Gasteiger partial charge in [0, 0.05) is 31.3 Å². The Labute approximate surface area is 194 Å². The highest BCUT2D eigenvalue weighted by Crippen LogP contribution is 2.36. The Morgan fingerprint density at radius 3 is 2.12 bits per heavy atom. The van der Waals surface area contributed by atoms with Crippen molar-refractivity contribution in [1.29, 1.82) is 0 Å². The fourth-order valence-corrected chi connectivity index (χ4v) is 5.14. The number of benzene rings is 4. The second kappa shape index (κ2) is 8.52. The molecule has 0 radical (unpaired) electrons. The van der Waals surface area contributed by atoms with Gasteiger partial charge in [-0.2, -0.15) is 0 Å². The van der Waals surface area contributed by atoms with E-state index in [0.29, 0.717) is 5.56 Å². The van der Waals surface area contributed by atoms with E-state index < -0.39 is 5.97 Å². The van der Waals surface area contributed by atoms with E-state index in [1.807, 2.05) is 24.3 Å². The van der Waals surface area contributed by atoms with E-state index in [0.717, 1.165) is 32.3 Å². The number of hydrogen-bond acceptors (Lipinski definition) is 4. The Hall–Kier alpha value is -3.96. The van der Waals surface area contributed by atoms with Crippen molar-refractivity contribution in [3.8, 4) is 5.75 Å². The molecule has 5 heteroatoms. The molecule has 4 aromatic carbocycles. The summed E-state index contributed by atoms with van der Waals surface area (Å²) in [6, 6.07) is 26.4. The van der Waals surface area contributed by atoms with Gasteiger partial charge >= 0.3 is 5.97 Å². The molecule has 1 N–H and O–H groups in total. The summed E-state index contributed by atoms with van der Waals surface area (Å²) in [6.45, 7) is 0. The zero-order valence-corrected chi connectivity index (χ0v) is 18.7. The van der Waals surface area contributed by atoms with Crippen LogP contribution in [0.5, 0.6) is 5.75 Å². The quantitative estimate of drug-likeness (QED) is 0.296. The summed E-state index contributed by atoms with van der Waals surface area (Å²) < 4.78 is 7.48. The highest BCUT2D eigenvalue weighted by molar-refractivity contribution is 7.25. The summed E-state index contributed by atoms with van der Waals surface area (Å²) in [7, 11) is 1.66. The minimum absolute atomic E-state index is 0.0135. The number of thiophene rings is 1. The summed E-state index contributed by atoms with van der Waals surface area (Å²) in [4.78, 5) is 24.7. The van der Waals surface area contributed by atoms with Crippen LogP contribution in [0.15, 0.2) is 84.9 Å². The highest BCUT2D eigenvalue weighted by Gasteiger charge is 2.18. The molecule has 0 saturated heterocycles. The first-order valence-electron chi connectivity index (χ1n) is 10.5. The Morgan fingerprint density at radius 2 is 1.42 bits per heavy atom. The Bertz CT molecular complexity index is 1510. The topological polar surface area (TPSA) is 63.6 Å². The van der Waals surface area contributed by atoms with Crippen molar-refractivity contribution in [1.82, 2.24) is 0 Å². The van der Waals surface area contributed by atoms with Crippen LogP contribution in [0.1, 0.15) is 37.4 Å².